The summed E-state index contributed by atoms with van der Waals surface area (Å²) in [5.41, 5.74) is 1.18. The first-order valence-corrected chi connectivity index (χ1v) is 9.24. The third-order valence-corrected chi connectivity index (χ3v) is 6.31. The Bertz CT molecular complexity index is 597. The van der Waals surface area contributed by atoms with Crippen molar-refractivity contribution in [2.75, 3.05) is 32.8 Å². The van der Waals surface area contributed by atoms with Crippen LogP contribution < -0.4 is 4.74 Å². The summed E-state index contributed by atoms with van der Waals surface area (Å²) in [5, 5.41) is 10.8. The van der Waals surface area contributed by atoms with Gasteiger partial charge in [-0.25, -0.2) is 0 Å². The second-order valence-electron chi connectivity index (χ2n) is 8.01. The number of piperidine rings is 2. The molecule has 0 saturated carbocycles. The molecular weight excluding hydrogens is 356 g/mol. The Morgan fingerprint density at radius 3 is 2.26 bits per heavy atom. The molecule has 4 nitrogen and oxygen atoms in total. The highest BCUT2D eigenvalue weighted by atomic mass is 79.9. The van der Waals surface area contributed by atoms with Gasteiger partial charge in [0.15, 0.2) is 0 Å². The highest BCUT2D eigenvalue weighted by molar-refractivity contribution is 9.10. The Kier molecular flexibility index (Phi) is 3.58. The number of nitrogens with zero attached hydrogens (tertiary/aromatic N) is 2. The van der Waals surface area contributed by atoms with Gasteiger partial charge in [0.2, 0.25) is 0 Å². The average Bonchev–Trinajstić information content (AvgIpc) is 2.46. The van der Waals surface area contributed by atoms with Gasteiger partial charge in [0.05, 0.1) is 18.9 Å². The van der Waals surface area contributed by atoms with Crippen LogP contribution in [-0.2, 0) is 0 Å². The number of halogens is 1. The predicted octanol–water partition coefficient (Wildman–Crippen LogP) is 2.86. The minimum absolute atomic E-state index is 0.0282. The number of rotatable bonds is 3. The Morgan fingerprint density at radius 1 is 1.17 bits per heavy atom. The molecule has 0 radical (unpaired) electrons. The van der Waals surface area contributed by atoms with Gasteiger partial charge in [0.1, 0.15) is 5.75 Å². The number of benzene rings is 1. The van der Waals surface area contributed by atoms with Crippen LogP contribution in [0.1, 0.15) is 32.5 Å². The molecule has 23 heavy (non-hydrogen) atoms. The lowest BCUT2D eigenvalue weighted by molar-refractivity contribution is -0.254. The van der Waals surface area contributed by atoms with Crippen molar-refractivity contribution >= 4 is 15.9 Å². The Labute approximate surface area is 146 Å². The maximum Gasteiger partial charge on any atom is 0.125 e. The van der Waals surface area contributed by atoms with Gasteiger partial charge < -0.3 is 9.84 Å². The van der Waals surface area contributed by atoms with Gasteiger partial charge in [-0.15, -0.1) is 0 Å². The van der Waals surface area contributed by atoms with Crippen LogP contribution >= 0.6 is 15.9 Å². The predicted molar refractivity (Wildman–Crippen MR) is 93.4 cm³/mol. The van der Waals surface area contributed by atoms with Crippen LogP contribution in [0.15, 0.2) is 22.7 Å². The molecule has 4 saturated heterocycles. The molecule has 0 unspecified atom stereocenters. The van der Waals surface area contributed by atoms with Gasteiger partial charge in [-0.2, -0.15) is 0 Å². The summed E-state index contributed by atoms with van der Waals surface area (Å²) in [6.45, 7) is 11.0. The zero-order valence-electron chi connectivity index (χ0n) is 14.1. The molecule has 0 aliphatic carbocycles. The number of aliphatic hydroxyl groups is 1. The molecule has 1 N–H and O–H groups in total. The molecule has 0 spiro atoms. The molecule has 5 rings (SSSR count). The molecule has 4 fully saturated rings. The van der Waals surface area contributed by atoms with E-state index in [0.29, 0.717) is 6.61 Å². The highest BCUT2D eigenvalue weighted by Crippen LogP contribution is 2.55. The summed E-state index contributed by atoms with van der Waals surface area (Å²) in [5.74, 6) is 0.976. The van der Waals surface area contributed by atoms with E-state index >= 15 is 0 Å². The quantitative estimate of drug-likeness (QED) is 0.874. The lowest BCUT2D eigenvalue weighted by atomic mass is 9.60. The van der Waals surface area contributed by atoms with E-state index < -0.39 is 0 Å². The summed E-state index contributed by atoms with van der Waals surface area (Å²) in [7, 11) is 0. The first-order chi connectivity index (χ1) is 10.9. The molecule has 0 aromatic heterocycles. The Morgan fingerprint density at radius 2 is 1.74 bits per heavy atom. The molecule has 4 aliphatic heterocycles. The van der Waals surface area contributed by atoms with E-state index in [1.165, 1.54) is 5.56 Å². The van der Waals surface area contributed by atoms with Crippen LogP contribution in [0.3, 0.4) is 0 Å². The standard InChI is InChI=1S/C18H25BrN2O2/c1-4-23-14-6-5-12(19)7-13(14)15-20-8-17(2)9-21(15)11-18(3,10-20)16(17)22/h5-7,15-16,22H,4,8-11H2,1-3H3. The molecule has 5 heteroatoms. The third kappa shape index (κ3) is 2.28. The van der Waals surface area contributed by atoms with Crippen molar-refractivity contribution in [2.24, 2.45) is 10.8 Å². The normalized spacial score (nSPS) is 44.6. The van der Waals surface area contributed by atoms with Crippen molar-refractivity contribution in [2.45, 2.75) is 33.0 Å². The fourth-order valence-corrected chi connectivity index (χ4v) is 5.61. The third-order valence-electron chi connectivity index (χ3n) is 5.82. The molecule has 1 aromatic carbocycles. The van der Waals surface area contributed by atoms with E-state index in [-0.39, 0.29) is 23.1 Å². The van der Waals surface area contributed by atoms with E-state index in [9.17, 15) is 5.11 Å². The first kappa shape index (κ1) is 15.9. The van der Waals surface area contributed by atoms with Crippen LogP contribution in [-0.4, -0.2) is 53.8 Å². The lowest BCUT2D eigenvalue weighted by Crippen LogP contribution is -2.76. The van der Waals surface area contributed by atoms with E-state index in [1.807, 2.05) is 13.0 Å². The number of aliphatic hydroxyl groups excluding tert-OH is 1. The first-order valence-electron chi connectivity index (χ1n) is 8.45. The average molecular weight is 381 g/mol. The summed E-state index contributed by atoms with van der Waals surface area (Å²) >= 11 is 3.61. The van der Waals surface area contributed by atoms with Crippen molar-refractivity contribution < 1.29 is 9.84 Å². The molecule has 4 aliphatic rings. The van der Waals surface area contributed by atoms with E-state index in [4.69, 9.17) is 4.74 Å². The van der Waals surface area contributed by atoms with Gasteiger partial charge in [-0.05, 0) is 25.1 Å². The van der Waals surface area contributed by atoms with Crippen LogP contribution in [0.2, 0.25) is 0 Å². The summed E-state index contributed by atoms with van der Waals surface area (Å²) in [6, 6.07) is 6.30. The Hall–Kier alpha value is -0.620. The largest absolute Gasteiger partial charge is 0.493 e. The molecular formula is C18H25BrN2O2. The van der Waals surface area contributed by atoms with Gasteiger partial charge in [0.25, 0.3) is 0 Å². The lowest BCUT2D eigenvalue weighted by Gasteiger charge is -2.68. The molecule has 4 heterocycles. The van der Waals surface area contributed by atoms with E-state index in [1.54, 1.807) is 0 Å². The van der Waals surface area contributed by atoms with Gasteiger partial charge in [-0.1, -0.05) is 29.8 Å². The van der Waals surface area contributed by atoms with Crippen molar-refractivity contribution in [3.8, 4) is 5.75 Å². The molecule has 1 aromatic rings. The number of ether oxygens (including phenoxy) is 1. The van der Waals surface area contributed by atoms with E-state index in [2.05, 4.69) is 51.7 Å². The van der Waals surface area contributed by atoms with Crippen molar-refractivity contribution in [1.82, 2.24) is 9.80 Å². The maximum absolute atomic E-state index is 10.8. The fraction of sp³-hybridized carbons (Fsp3) is 0.667. The number of hydrogen-bond acceptors (Lipinski definition) is 4. The summed E-state index contributed by atoms with van der Waals surface area (Å²) in [4.78, 5) is 5.06. The fourth-order valence-electron chi connectivity index (χ4n) is 5.23. The molecule has 126 valence electrons. The highest BCUT2D eigenvalue weighted by Gasteiger charge is 2.62. The van der Waals surface area contributed by atoms with Gasteiger partial charge in [0, 0.05) is 47.0 Å². The monoisotopic (exact) mass is 380 g/mol. The van der Waals surface area contributed by atoms with Crippen LogP contribution in [0.25, 0.3) is 0 Å². The van der Waals surface area contributed by atoms with Crippen molar-refractivity contribution in [3.63, 3.8) is 0 Å². The molecule has 4 bridgehead atoms. The number of hydrogen-bond donors (Lipinski definition) is 1. The smallest absolute Gasteiger partial charge is 0.125 e. The SMILES string of the molecule is CCOc1ccc(Br)cc1C1N2CC3(C)CN1CC(C)(C2)C3O. The second kappa shape index (κ2) is 5.19. The summed E-state index contributed by atoms with van der Waals surface area (Å²) < 4.78 is 6.98. The van der Waals surface area contributed by atoms with Crippen LogP contribution in [0.4, 0.5) is 0 Å². The van der Waals surface area contributed by atoms with Gasteiger partial charge in [-0.3, -0.25) is 9.80 Å². The van der Waals surface area contributed by atoms with Crippen molar-refractivity contribution in [1.29, 1.82) is 0 Å². The van der Waals surface area contributed by atoms with Crippen molar-refractivity contribution in [3.05, 3.63) is 28.2 Å². The minimum atomic E-state index is -0.211. The minimum Gasteiger partial charge on any atom is -0.493 e. The maximum atomic E-state index is 10.8. The van der Waals surface area contributed by atoms with E-state index in [0.717, 1.165) is 36.4 Å². The molecule has 0 amide bonds. The Balaban J connectivity index is 1.75. The van der Waals surface area contributed by atoms with Gasteiger partial charge >= 0.3 is 0 Å². The zero-order chi connectivity index (χ0) is 16.4. The second-order valence-corrected chi connectivity index (χ2v) is 8.93. The van der Waals surface area contributed by atoms with Crippen LogP contribution in [0, 0.1) is 10.8 Å². The molecule has 0 atom stereocenters. The zero-order valence-corrected chi connectivity index (χ0v) is 15.6. The topological polar surface area (TPSA) is 35.9 Å². The summed E-state index contributed by atoms with van der Waals surface area (Å²) in [6.07, 6.45) is 0.0417. The van der Waals surface area contributed by atoms with Crippen LogP contribution in [0.5, 0.6) is 5.75 Å².